The molecule has 0 aromatic carbocycles. The standard InChI is InChI=1S/C12H22N4O3/c1-8(2)15-11(6-10(13-4)7-19-5)12(16(17)18)9(3)14-15/h8,10,13H,6-7H2,1-5H3. The molecule has 0 aliphatic rings. The summed E-state index contributed by atoms with van der Waals surface area (Å²) in [6.45, 7) is 6.09. The Balaban J connectivity index is 3.17. The van der Waals surface area contributed by atoms with Crippen molar-refractivity contribution in [1.82, 2.24) is 15.1 Å². The molecule has 1 rings (SSSR count). The number of nitro groups is 1. The molecule has 7 nitrogen and oxygen atoms in total. The lowest BCUT2D eigenvalue weighted by Crippen LogP contribution is -2.33. The van der Waals surface area contributed by atoms with Crippen LogP contribution in [0.4, 0.5) is 5.69 Å². The molecule has 1 atom stereocenters. The fourth-order valence-corrected chi connectivity index (χ4v) is 2.12. The molecule has 1 aromatic heterocycles. The lowest BCUT2D eigenvalue weighted by atomic mass is 10.1. The first-order valence-electron chi connectivity index (χ1n) is 6.30. The summed E-state index contributed by atoms with van der Waals surface area (Å²) in [7, 11) is 3.43. The predicted molar refractivity (Wildman–Crippen MR) is 72.4 cm³/mol. The maximum atomic E-state index is 11.2. The van der Waals surface area contributed by atoms with Gasteiger partial charge in [-0.05, 0) is 27.8 Å². The number of aromatic nitrogens is 2. The Kier molecular flexibility index (Phi) is 5.44. The maximum absolute atomic E-state index is 11.2. The highest BCUT2D eigenvalue weighted by molar-refractivity contribution is 5.41. The number of hydrogen-bond donors (Lipinski definition) is 1. The zero-order valence-electron chi connectivity index (χ0n) is 12.1. The fraction of sp³-hybridized carbons (Fsp3) is 0.750. The van der Waals surface area contributed by atoms with E-state index in [0.29, 0.717) is 24.4 Å². The number of rotatable bonds is 7. The van der Waals surface area contributed by atoms with Gasteiger partial charge in [-0.2, -0.15) is 5.10 Å². The van der Waals surface area contributed by atoms with Crippen LogP contribution in [0.1, 0.15) is 31.3 Å². The van der Waals surface area contributed by atoms with E-state index in [4.69, 9.17) is 4.74 Å². The van der Waals surface area contributed by atoms with Gasteiger partial charge in [-0.3, -0.25) is 14.8 Å². The normalized spacial score (nSPS) is 12.9. The number of nitrogens with one attached hydrogen (secondary N) is 1. The van der Waals surface area contributed by atoms with Crippen molar-refractivity contribution in [3.63, 3.8) is 0 Å². The minimum Gasteiger partial charge on any atom is -0.383 e. The molecule has 1 unspecified atom stereocenters. The van der Waals surface area contributed by atoms with Gasteiger partial charge in [-0.25, -0.2) is 0 Å². The van der Waals surface area contributed by atoms with Gasteiger partial charge in [0.1, 0.15) is 11.4 Å². The first kappa shape index (κ1) is 15.6. The van der Waals surface area contributed by atoms with Gasteiger partial charge in [0.15, 0.2) is 0 Å². The summed E-state index contributed by atoms with van der Waals surface area (Å²) in [4.78, 5) is 10.9. The van der Waals surface area contributed by atoms with Gasteiger partial charge >= 0.3 is 5.69 Å². The largest absolute Gasteiger partial charge is 0.383 e. The van der Waals surface area contributed by atoms with Gasteiger partial charge in [0.25, 0.3) is 0 Å². The van der Waals surface area contributed by atoms with E-state index >= 15 is 0 Å². The molecular formula is C12H22N4O3. The number of hydrogen-bond acceptors (Lipinski definition) is 5. The molecule has 7 heteroatoms. The van der Waals surface area contributed by atoms with Crippen molar-refractivity contribution in [3.05, 3.63) is 21.5 Å². The highest BCUT2D eigenvalue weighted by atomic mass is 16.6. The molecule has 19 heavy (non-hydrogen) atoms. The molecular weight excluding hydrogens is 248 g/mol. The summed E-state index contributed by atoms with van der Waals surface area (Å²) in [6, 6.07) is 0.111. The molecule has 0 fully saturated rings. The molecule has 108 valence electrons. The average molecular weight is 270 g/mol. The van der Waals surface area contributed by atoms with E-state index in [2.05, 4.69) is 10.4 Å². The molecule has 0 saturated carbocycles. The number of nitrogens with zero attached hydrogens (tertiary/aromatic N) is 3. The van der Waals surface area contributed by atoms with Gasteiger partial charge in [0.05, 0.1) is 11.5 Å². The van der Waals surface area contributed by atoms with E-state index in [-0.39, 0.29) is 22.7 Å². The van der Waals surface area contributed by atoms with Crippen LogP contribution in [0.2, 0.25) is 0 Å². The van der Waals surface area contributed by atoms with Gasteiger partial charge < -0.3 is 10.1 Å². The van der Waals surface area contributed by atoms with Crippen molar-refractivity contribution in [1.29, 1.82) is 0 Å². The summed E-state index contributed by atoms with van der Waals surface area (Å²) in [6.07, 6.45) is 0.514. The highest BCUT2D eigenvalue weighted by Crippen LogP contribution is 2.26. The van der Waals surface area contributed by atoms with Crippen LogP contribution in [0, 0.1) is 17.0 Å². The van der Waals surface area contributed by atoms with E-state index in [1.165, 1.54) is 0 Å². The van der Waals surface area contributed by atoms with E-state index in [1.807, 2.05) is 20.9 Å². The SMILES string of the molecule is CNC(COC)Cc1c([N+](=O)[O-])c(C)nn1C(C)C. The van der Waals surface area contributed by atoms with Crippen molar-refractivity contribution in [2.45, 2.75) is 39.3 Å². The van der Waals surface area contributed by atoms with Crippen LogP contribution in [0.15, 0.2) is 0 Å². The van der Waals surface area contributed by atoms with Crippen LogP contribution >= 0.6 is 0 Å². The molecule has 1 N–H and O–H groups in total. The molecule has 0 saturated heterocycles. The third-order valence-corrected chi connectivity index (χ3v) is 3.04. The number of methoxy groups -OCH3 is 1. The van der Waals surface area contributed by atoms with Crippen LogP contribution < -0.4 is 5.32 Å². The summed E-state index contributed by atoms with van der Waals surface area (Å²) >= 11 is 0. The summed E-state index contributed by atoms with van der Waals surface area (Å²) < 4.78 is 6.84. The van der Waals surface area contributed by atoms with Gasteiger partial charge in [-0.1, -0.05) is 0 Å². The van der Waals surface area contributed by atoms with E-state index in [0.717, 1.165) is 0 Å². The third kappa shape index (κ3) is 3.51. The molecule has 0 bridgehead atoms. The Morgan fingerprint density at radius 3 is 2.58 bits per heavy atom. The maximum Gasteiger partial charge on any atom is 0.313 e. The van der Waals surface area contributed by atoms with Crippen LogP contribution in [-0.4, -0.2) is 41.5 Å². The Morgan fingerprint density at radius 1 is 1.53 bits per heavy atom. The molecule has 1 aromatic rings. The zero-order chi connectivity index (χ0) is 14.6. The van der Waals surface area contributed by atoms with Crippen molar-refractivity contribution in [3.8, 4) is 0 Å². The first-order valence-corrected chi connectivity index (χ1v) is 6.30. The van der Waals surface area contributed by atoms with Crippen molar-refractivity contribution in [2.24, 2.45) is 0 Å². The minimum absolute atomic E-state index is 0.0253. The Morgan fingerprint density at radius 2 is 2.16 bits per heavy atom. The monoisotopic (exact) mass is 270 g/mol. The molecule has 1 heterocycles. The van der Waals surface area contributed by atoms with Gasteiger partial charge in [0.2, 0.25) is 0 Å². The minimum atomic E-state index is -0.351. The second kappa shape index (κ2) is 6.63. The quantitative estimate of drug-likeness (QED) is 0.599. The number of ether oxygens (including phenoxy) is 1. The third-order valence-electron chi connectivity index (χ3n) is 3.04. The van der Waals surface area contributed by atoms with Crippen LogP contribution in [0.25, 0.3) is 0 Å². The lowest BCUT2D eigenvalue weighted by Gasteiger charge is -2.17. The van der Waals surface area contributed by atoms with Gasteiger partial charge in [-0.15, -0.1) is 0 Å². The zero-order valence-corrected chi connectivity index (χ0v) is 12.1. The highest BCUT2D eigenvalue weighted by Gasteiger charge is 2.27. The number of likely N-dealkylation sites (N-methyl/N-ethyl adjacent to an activating group) is 1. The summed E-state index contributed by atoms with van der Waals surface area (Å²) in [5.41, 5.74) is 1.22. The van der Waals surface area contributed by atoms with Crippen LogP contribution in [0.5, 0.6) is 0 Å². The van der Waals surface area contributed by atoms with Crippen molar-refractivity contribution >= 4 is 5.69 Å². The topological polar surface area (TPSA) is 82.2 Å². The molecule has 0 aliphatic heterocycles. The first-order chi connectivity index (χ1) is 8.92. The second-order valence-corrected chi connectivity index (χ2v) is 4.82. The molecule has 0 spiro atoms. The summed E-state index contributed by atoms with van der Waals surface area (Å²) in [5.74, 6) is 0. The smallest absolute Gasteiger partial charge is 0.313 e. The van der Waals surface area contributed by atoms with E-state index in [1.54, 1.807) is 18.7 Å². The Hall–Kier alpha value is -1.47. The molecule has 0 amide bonds. The Bertz CT molecular complexity index is 442. The number of aryl methyl sites for hydroxylation is 1. The summed E-state index contributed by atoms with van der Waals surface area (Å²) in [5, 5.41) is 18.6. The average Bonchev–Trinajstić information content (AvgIpc) is 2.65. The molecule has 0 radical (unpaired) electrons. The fourth-order valence-electron chi connectivity index (χ4n) is 2.12. The van der Waals surface area contributed by atoms with Gasteiger partial charge in [0, 0.05) is 25.6 Å². The van der Waals surface area contributed by atoms with Crippen molar-refractivity contribution < 1.29 is 9.66 Å². The van der Waals surface area contributed by atoms with Crippen LogP contribution in [-0.2, 0) is 11.2 Å². The molecule has 0 aliphatic carbocycles. The van der Waals surface area contributed by atoms with Crippen LogP contribution in [0.3, 0.4) is 0 Å². The van der Waals surface area contributed by atoms with E-state index < -0.39 is 0 Å². The Labute approximate surface area is 113 Å². The second-order valence-electron chi connectivity index (χ2n) is 4.82. The lowest BCUT2D eigenvalue weighted by molar-refractivity contribution is -0.386. The van der Waals surface area contributed by atoms with Crippen molar-refractivity contribution in [2.75, 3.05) is 20.8 Å². The predicted octanol–water partition coefficient (Wildman–Crippen LogP) is 1.46. The van der Waals surface area contributed by atoms with E-state index in [9.17, 15) is 10.1 Å².